The van der Waals surface area contributed by atoms with Crippen LogP contribution in [0.1, 0.15) is 18.1 Å². The van der Waals surface area contributed by atoms with Gasteiger partial charge in [0.05, 0.1) is 5.56 Å². The van der Waals surface area contributed by atoms with Crippen LogP contribution in [0.2, 0.25) is 0 Å². The summed E-state index contributed by atoms with van der Waals surface area (Å²) in [7, 11) is 3.50. The quantitative estimate of drug-likeness (QED) is 0.478. The van der Waals surface area contributed by atoms with E-state index in [4.69, 9.17) is 0 Å². The number of hydrogen-bond acceptors (Lipinski definition) is 1. The molecule has 0 radical (unpaired) electrons. The number of benzene rings is 1. The van der Waals surface area contributed by atoms with Crippen molar-refractivity contribution < 1.29 is 13.2 Å². The molecule has 0 unspecified atom stereocenters. The maximum atomic E-state index is 12.4. The van der Waals surface area contributed by atoms with Crippen LogP contribution in [0.3, 0.4) is 0 Å². The molecule has 1 aromatic carbocycles. The third-order valence-electron chi connectivity index (χ3n) is 2.61. The smallest absolute Gasteiger partial charge is 0.357 e. The van der Waals surface area contributed by atoms with Crippen molar-refractivity contribution in [2.45, 2.75) is 19.6 Å². The van der Waals surface area contributed by atoms with E-state index in [1.54, 1.807) is 7.05 Å². The van der Waals surface area contributed by atoms with Crippen molar-refractivity contribution >= 4 is 29.9 Å². The highest BCUT2D eigenvalue weighted by Crippen LogP contribution is 2.29. The van der Waals surface area contributed by atoms with Gasteiger partial charge in [0.25, 0.3) is 0 Å². The molecule has 1 rings (SSSR count). The van der Waals surface area contributed by atoms with Gasteiger partial charge in [0, 0.05) is 27.2 Å². The zero-order valence-corrected chi connectivity index (χ0v) is 14.0. The Morgan fingerprint density at radius 2 is 1.80 bits per heavy atom. The molecule has 0 heterocycles. The minimum absolute atomic E-state index is 0. The lowest BCUT2D eigenvalue weighted by Crippen LogP contribution is -2.38. The fourth-order valence-electron chi connectivity index (χ4n) is 1.69. The normalized spacial score (nSPS) is 11.8. The first-order valence-corrected chi connectivity index (χ1v) is 5.96. The lowest BCUT2D eigenvalue weighted by molar-refractivity contribution is -0.137. The number of nitrogens with one attached hydrogen (secondary N) is 1. The number of aliphatic imine (C=N–C) groups is 1. The Bertz CT molecular complexity index is 429. The predicted molar refractivity (Wildman–Crippen MR) is 85.4 cm³/mol. The summed E-state index contributed by atoms with van der Waals surface area (Å²) in [4.78, 5) is 5.94. The molecule has 0 saturated carbocycles. The molecule has 0 saturated heterocycles. The molecule has 7 heteroatoms. The molecule has 0 bridgehead atoms. The van der Waals surface area contributed by atoms with Crippen molar-refractivity contribution in [1.29, 1.82) is 0 Å². The molecule has 0 atom stereocenters. The van der Waals surface area contributed by atoms with Crippen molar-refractivity contribution in [2.24, 2.45) is 4.99 Å². The average molecular weight is 401 g/mol. The zero-order valence-electron chi connectivity index (χ0n) is 11.7. The van der Waals surface area contributed by atoms with Crippen LogP contribution in [0.15, 0.2) is 29.3 Å². The summed E-state index contributed by atoms with van der Waals surface area (Å²) in [6.07, 6.45) is -4.29. The molecule has 1 aromatic rings. The second kappa shape index (κ2) is 8.33. The van der Waals surface area contributed by atoms with Crippen LogP contribution in [0, 0.1) is 0 Å². The van der Waals surface area contributed by atoms with Crippen LogP contribution in [0.25, 0.3) is 0 Å². The first-order valence-electron chi connectivity index (χ1n) is 5.96. The van der Waals surface area contributed by atoms with Crippen LogP contribution >= 0.6 is 24.0 Å². The molecule has 0 aromatic heterocycles. The van der Waals surface area contributed by atoms with Gasteiger partial charge in [-0.15, -0.1) is 24.0 Å². The third kappa shape index (κ3) is 5.56. The minimum atomic E-state index is -4.29. The fraction of sp³-hybridized carbons (Fsp3) is 0.462. The standard InChI is InChI=1S/C13H18F3N3.HI/c1-4-18-12(17-2)19(3)9-10-5-7-11(8-6-10)13(14,15)16;/h5-8H,4,9H2,1-3H3,(H,17,18);1H. The fourth-order valence-corrected chi connectivity index (χ4v) is 1.69. The van der Waals surface area contributed by atoms with E-state index in [2.05, 4.69) is 10.3 Å². The molecule has 3 nitrogen and oxygen atoms in total. The number of halogens is 4. The van der Waals surface area contributed by atoms with E-state index in [9.17, 15) is 13.2 Å². The number of alkyl halides is 3. The molecule has 0 spiro atoms. The van der Waals surface area contributed by atoms with Crippen LogP contribution in [0.4, 0.5) is 13.2 Å². The van der Waals surface area contributed by atoms with Gasteiger partial charge in [-0.1, -0.05) is 12.1 Å². The van der Waals surface area contributed by atoms with E-state index in [-0.39, 0.29) is 24.0 Å². The maximum absolute atomic E-state index is 12.4. The van der Waals surface area contributed by atoms with Crippen LogP contribution in [0.5, 0.6) is 0 Å². The first-order chi connectivity index (χ1) is 8.88. The minimum Gasteiger partial charge on any atom is -0.357 e. The van der Waals surface area contributed by atoms with Gasteiger partial charge in [0.15, 0.2) is 5.96 Å². The predicted octanol–water partition coefficient (Wildman–Crippen LogP) is 3.35. The average Bonchev–Trinajstić information content (AvgIpc) is 2.35. The number of nitrogens with zero attached hydrogens (tertiary/aromatic N) is 2. The summed E-state index contributed by atoms with van der Waals surface area (Å²) in [5, 5.41) is 3.08. The highest BCUT2D eigenvalue weighted by molar-refractivity contribution is 14.0. The molecule has 0 fully saturated rings. The molecule has 20 heavy (non-hydrogen) atoms. The van der Waals surface area contributed by atoms with Gasteiger partial charge in [0.2, 0.25) is 0 Å². The molecular weight excluding hydrogens is 382 g/mol. The third-order valence-corrected chi connectivity index (χ3v) is 2.61. The summed E-state index contributed by atoms with van der Waals surface area (Å²) in [6.45, 7) is 3.19. The van der Waals surface area contributed by atoms with E-state index in [0.717, 1.165) is 24.2 Å². The summed E-state index contributed by atoms with van der Waals surface area (Å²) >= 11 is 0. The van der Waals surface area contributed by atoms with Crippen LogP contribution < -0.4 is 5.32 Å². The number of guanidine groups is 1. The topological polar surface area (TPSA) is 27.6 Å². The van der Waals surface area contributed by atoms with Crippen molar-refractivity contribution in [2.75, 3.05) is 20.6 Å². The second-order valence-corrected chi connectivity index (χ2v) is 4.13. The van der Waals surface area contributed by atoms with Gasteiger partial charge in [-0.05, 0) is 24.6 Å². The second-order valence-electron chi connectivity index (χ2n) is 4.13. The number of rotatable bonds is 3. The Labute approximate surface area is 134 Å². The van der Waals surface area contributed by atoms with Gasteiger partial charge in [-0.25, -0.2) is 0 Å². The monoisotopic (exact) mass is 401 g/mol. The van der Waals surface area contributed by atoms with E-state index >= 15 is 0 Å². The Kier molecular flexibility index (Phi) is 7.92. The molecule has 0 aliphatic rings. The van der Waals surface area contributed by atoms with Crippen molar-refractivity contribution in [3.8, 4) is 0 Å². The van der Waals surface area contributed by atoms with Crippen LogP contribution in [-0.4, -0.2) is 31.5 Å². The largest absolute Gasteiger partial charge is 0.416 e. The van der Waals surface area contributed by atoms with Gasteiger partial charge >= 0.3 is 6.18 Å². The SMILES string of the molecule is CCNC(=NC)N(C)Cc1ccc(C(F)(F)F)cc1.I. The Morgan fingerprint density at radius 3 is 2.20 bits per heavy atom. The van der Waals surface area contributed by atoms with E-state index < -0.39 is 11.7 Å². The van der Waals surface area contributed by atoms with E-state index in [1.165, 1.54) is 12.1 Å². The lowest BCUT2D eigenvalue weighted by Gasteiger charge is -2.21. The van der Waals surface area contributed by atoms with E-state index in [0.29, 0.717) is 12.5 Å². The molecule has 0 aliphatic carbocycles. The Hall–Kier alpha value is -0.990. The molecule has 0 aliphatic heterocycles. The van der Waals surface area contributed by atoms with Crippen molar-refractivity contribution in [3.63, 3.8) is 0 Å². The highest BCUT2D eigenvalue weighted by Gasteiger charge is 2.29. The first kappa shape index (κ1) is 19.0. The highest BCUT2D eigenvalue weighted by atomic mass is 127. The van der Waals surface area contributed by atoms with Crippen molar-refractivity contribution in [1.82, 2.24) is 10.2 Å². The van der Waals surface area contributed by atoms with E-state index in [1.807, 2.05) is 18.9 Å². The number of hydrogen-bond donors (Lipinski definition) is 1. The summed E-state index contributed by atoms with van der Waals surface area (Å²) in [6, 6.07) is 5.16. The maximum Gasteiger partial charge on any atom is 0.416 e. The van der Waals surface area contributed by atoms with Crippen molar-refractivity contribution in [3.05, 3.63) is 35.4 Å². The van der Waals surface area contributed by atoms with Gasteiger partial charge in [0.1, 0.15) is 0 Å². The van der Waals surface area contributed by atoms with Crippen LogP contribution in [-0.2, 0) is 12.7 Å². The molecule has 114 valence electrons. The zero-order chi connectivity index (χ0) is 14.5. The molecule has 0 amide bonds. The summed E-state index contributed by atoms with van der Waals surface area (Å²) in [5.74, 6) is 0.711. The Morgan fingerprint density at radius 1 is 1.25 bits per heavy atom. The molecular formula is C13H19F3IN3. The lowest BCUT2D eigenvalue weighted by atomic mass is 10.1. The van der Waals surface area contributed by atoms with Gasteiger partial charge in [-0.3, -0.25) is 4.99 Å². The summed E-state index contributed by atoms with van der Waals surface area (Å²) in [5.41, 5.74) is 0.171. The van der Waals surface area contributed by atoms with Gasteiger partial charge < -0.3 is 10.2 Å². The Balaban J connectivity index is 0.00000361. The summed E-state index contributed by atoms with van der Waals surface area (Å²) < 4.78 is 37.3. The molecule has 1 N–H and O–H groups in total. The van der Waals surface area contributed by atoms with Gasteiger partial charge in [-0.2, -0.15) is 13.2 Å².